The van der Waals surface area contributed by atoms with Gasteiger partial charge in [-0.3, -0.25) is 9.59 Å². The standard InChI is InChI=1S/C13H14ClFN2O2S/c1-7(18)20-6-8-2-13(19)17(5-8)12-4-10(15)9(14)3-11(12)16/h3-4,8H,2,5-6,16H2,1H3. The van der Waals surface area contributed by atoms with E-state index in [4.69, 9.17) is 17.3 Å². The number of hydrogen-bond acceptors (Lipinski definition) is 4. The lowest BCUT2D eigenvalue weighted by atomic mass is 10.1. The number of nitrogens with two attached hydrogens (primary N) is 1. The predicted molar refractivity (Wildman–Crippen MR) is 79.4 cm³/mol. The summed E-state index contributed by atoms with van der Waals surface area (Å²) in [5, 5.41) is -0.0467. The summed E-state index contributed by atoms with van der Waals surface area (Å²) in [5.74, 6) is -0.0829. The van der Waals surface area contributed by atoms with Gasteiger partial charge in [0.2, 0.25) is 5.91 Å². The largest absolute Gasteiger partial charge is 0.397 e. The van der Waals surface area contributed by atoms with Crippen LogP contribution in [0.2, 0.25) is 5.02 Å². The second kappa shape index (κ2) is 6.01. The van der Waals surface area contributed by atoms with E-state index in [9.17, 15) is 14.0 Å². The molecule has 0 radical (unpaired) electrons. The summed E-state index contributed by atoms with van der Waals surface area (Å²) < 4.78 is 13.5. The monoisotopic (exact) mass is 316 g/mol. The van der Waals surface area contributed by atoms with E-state index in [0.29, 0.717) is 24.4 Å². The highest BCUT2D eigenvalue weighted by Gasteiger charge is 2.32. The van der Waals surface area contributed by atoms with Gasteiger partial charge in [-0.25, -0.2) is 4.39 Å². The van der Waals surface area contributed by atoms with E-state index in [0.717, 1.165) is 0 Å². The molecule has 2 N–H and O–H groups in total. The molecule has 1 saturated heterocycles. The number of halogens is 2. The third kappa shape index (κ3) is 3.24. The Hall–Kier alpha value is -1.27. The molecule has 1 aliphatic heterocycles. The smallest absolute Gasteiger partial charge is 0.227 e. The average Bonchev–Trinajstić information content (AvgIpc) is 2.72. The van der Waals surface area contributed by atoms with Crippen LogP contribution in [0, 0.1) is 11.7 Å². The number of nitrogen functional groups attached to an aromatic ring is 1. The van der Waals surface area contributed by atoms with Crippen molar-refractivity contribution in [3.05, 3.63) is 23.0 Å². The summed E-state index contributed by atoms with van der Waals surface area (Å²) in [5.41, 5.74) is 6.40. The van der Waals surface area contributed by atoms with Crippen molar-refractivity contribution in [2.75, 3.05) is 22.9 Å². The summed E-state index contributed by atoms with van der Waals surface area (Å²) in [7, 11) is 0. The number of carbonyl (C=O) groups excluding carboxylic acids is 2. The molecule has 0 aliphatic carbocycles. The number of anilines is 2. The van der Waals surface area contributed by atoms with Gasteiger partial charge in [0.1, 0.15) is 5.82 Å². The molecule has 1 atom stereocenters. The molecule has 1 aliphatic rings. The number of nitrogens with zero attached hydrogens (tertiary/aromatic N) is 1. The molecule has 1 unspecified atom stereocenters. The van der Waals surface area contributed by atoms with Crippen LogP contribution in [0.25, 0.3) is 0 Å². The van der Waals surface area contributed by atoms with Crippen LogP contribution in [0.5, 0.6) is 0 Å². The molecule has 1 aromatic rings. The Kier molecular flexibility index (Phi) is 4.55. The van der Waals surface area contributed by atoms with Gasteiger partial charge in [-0.2, -0.15) is 0 Å². The number of amides is 1. The second-order valence-electron chi connectivity index (χ2n) is 4.70. The molecule has 4 nitrogen and oxygen atoms in total. The van der Waals surface area contributed by atoms with Crippen LogP contribution in [-0.2, 0) is 9.59 Å². The highest BCUT2D eigenvalue weighted by molar-refractivity contribution is 8.13. The van der Waals surface area contributed by atoms with E-state index in [1.165, 1.54) is 35.7 Å². The van der Waals surface area contributed by atoms with E-state index >= 15 is 0 Å². The van der Waals surface area contributed by atoms with Gasteiger partial charge in [0.15, 0.2) is 5.12 Å². The third-order valence-corrected chi connectivity index (χ3v) is 4.42. The van der Waals surface area contributed by atoms with Crippen molar-refractivity contribution >= 4 is 45.8 Å². The van der Waals surface area contributed by atoms with Crippen LogP contribution in [0.3, 0.4) is 0 Å². The van der Waals surface area contributed by atoms with Crippen molar-refractivity contribution in [3.63, 3.8) is 0 Å². The van der Waals surface area contributed by atoms with Gasteiger partial charge in [-0.05, 0) is 12.0 Å². The van der Waals surface area contributed by atoms with Crippen molar-refractivity contribution in [1.82, 2.24) is 0 Å². The highest BCUT2D eigenvalue weighted by atomic mass is 35.5. The predicted octanol–water partition coefficient (Wildman–Crippen LogP) is 2.69. The van der Waals surface area contributed by atoms with E-state index in [-0.39, 0.29) is 27.7 Å². The van der Waals surface area contributed by atoms with Crippen molar-refractivity contribution in [2.24, 2.45) is 5.92 Å². The molecule has 108 valence electrons. The fourth-order valence-corrected chi connectivity index (χ4v) is 3.01. The summed E-state index contributed by atoms with van der Waals surface area (Å²) in [6, 6.07) is 2.48. The maximum Gasteiger partial charge on any atom is 0.227 e. The molecule has 7 heteroatoms. The van der Waals surface area contributed by atoms with Gasteiger partial charge in [0, 0.05) is 31.7 Å². The molecule has 1 amide bonds. The number of carbonyl (C=O) groups is 2. The zero-order chi connectivity index (χ0) is 14.9. The van der Waals surface area contributed by atoms with Crippen molar-refractivity contribution < 1.29 is 14.0 Å². The normalized spacial score (nSPS) is 18.6. The lowest BCUT2D eigenvalue weighted by Gasteiger charge is -2.19. The zero-order valence-corrected chi connectivity index (χ0v) is 12.4. The molecule has 1 fully saturated rings. The molecule has 0 aromatic heterocycles. The number of thioether (sulfide) groups is 1. The Balaban J connectivity index is 2.16. The summed E-state index contributed by atoms with van der Waals surface area (Å²) in [4.78, 5) is 24.4. The number of benzene rings is 1. The zero-order valence-electron chi connectivity index (χ0n) is 10.9. The van der Waals surface area contributed by atoms with Crippen LogP contribution < -0.4 is 10.6 Å². The molecule has 0 bridgehead atoms. The van der Waals surface area contributed by atoms with Crippen LogP contribution in [0.15, 0.2) is 12.1 Å². The van der Waals surface area contributed by atoms with Crippen molar-refractivity contribution in [3.8, 4) is 0 Å². The summed E-state index contributed by atoms with van der Waals surface area (Å²) in [6.07, 6.45) is 0.337. The van der Waals surface area contributed by atoms with E-state index in [1.54, 1.807) is 0 Å². The Morgan fingerprint density at radius 3 is 2.95 bits per heavy atom. The van der Waals surface area contributed by atoms with Crippen LogP contribution in [0.4, 0.5) is 15.8 Å². The third-order valence-electron chi connectivity index (χ3n) is 3.09. The van der Waals surface area contributed by atoms with Crippen LogP contribution in [-0.4, -0.2) is 23.3 Å². The van der Waals surface area contributed by atoms with Crippen molar-refractivity contribution in [2.45, 2.75) is 13.3 Å². The first-order chi connectivity index (χ1) is 9.38. The Bertz CT molecular complexity index is 568. The first-order valence-corrected chi connectivity index (χ1v) is 7.43. The van der Waals surface area contributed by atoms with Crippen LogP contribution >= 0.6 is 23.4 Å². The van der Waals surface area contributed by atoms with E-state index in [1.807, 2.05) is 0 Å². The first kappa shape index (κ1) is 15.1. The van der Waals surface area contributed by atoms with E-state index < -0.39 is 5.82 Å². The summed E-state index contributed by atoms with van der Waals surface area (Å²) >= 11 is 6.84. The van der Waals surface area contributed by atoms with Gasteiger partial charge in [-0.1, -0.05) is 23.4 Å². The van der Waals surface area contributed by atoms with Gasteiger partial charge in [0.05, 0.1) is 16.4 Å². The Morgan fingerprint density at radius 1 is 1.60 bits per heavy atom. The minimum absolute atomic E-state index is 0.0213. The lowest BCUT2D eigenvalue weighted by Crippen LogP contribution is -2.26. The first-order valence-electron chi connectivity index (χ1n) is 6.06. The minimum Gasteiger partial charge on any atom is -0.397 e. The quantitative estimate of drug-likeness (QED) is 0.871. The van der Waals surface area contributed by atoms with Gasteiger partial charge >= 0.3 is 0 Å². The molecular weight excluding hydrogens is 303 g/mol. The van der Waals surface area contributed by atoms with Crippen LogP contribution in [0.1, 0.15) is 13.3 Å². The molecule has 2 rings (SSSR count). The topological polar surface area (TPSA) is 63.4 Å². The van der Waals surface area contributed by atoms with E-state index in [2.05, 4.69) is 0 Å². The fourth-order valence-electron chi connectivity index (χ4n) is 2.15. The minimum atomic E-state index is -0.606. The maximum absolute atomic E-state index is 13.5. The lowest BCUT2D eigenvalue weighted by molar-refractivity contribution is -0.117. The fraction of sp³-hybridized carbons (Fsp3) is 0.385. The number of rotatable bonds is 3. The number of hydrogen-bond donors (Lipinski definition) is 1. The van der Waals surface area contributed by atoms with Gasteiger partial charge < -0.3 is 10.6 Å². The second-order valence-corrected chi connectivity index (χ2v) is 6.31. The molecule has 1 aromatic carbocycles. The average molecular weight is 317 g/mol. The molecule has 0 spiro atoms. The molecule has 1 heterocycles. The molecule has 0 saturated carbocycles. The summed E-state index contributed by atoms with van der Waals surface area (Å²) in [6.45, 7) is 1.93. The SMILES string of the molecule is CC(=O)SCC1CC(=O)N(c2cc(F)c(Cl)cc2N)C1. The van der Waals surface area contributed by atoms with Gasteiger partial charge in [-0.15, -0.1) is 0 Å². The Morgan fingerprint density at radius 2 is 2.30 bits per heavy atom. The highest BCUT2D eigenvalue weighted by Crippen LogP contribution is 2.34. The molecule has 20 heavy (non-hydrogen) atoms. The van der Waals surface area contributed by atoms with Crippen molar-refractivity contribution in [1.29, 1.82) is 0 Å². The Labute approximate surface area is 125 Å². The van der Waals surface area contributed by atoms with Gasteiger partial charge in [0.25, 0.3) is 0 Å². The maximum atomic E-state index is 13.5. The molecular formula is C13H14ClFN2O2S.